The second-order valence-electron chi connectivity index (χ2n) is 5.63. The van der Waals surface area contributed by atoms with Crippen molar-refractivity contribution in [3.8, 4) is 0 Å². The Kier molecular flexibility index (Phi) is 4.96. The molecule has 114 valence electrons. The van der Waals surface area contributed by atoms with Gasteiger partial charge in [0.15, 0.2) is 0 Å². The van der Waals surface area contributed by atoms with E-state index in [9.17, 15) is 19.8 Å². The Morgan fingerprint density at radius 3 is 2.48 bits per heavy atom. The third-order valence-corrected chi connectivity index (χ3v) is 4.06. The molecule has 0 bridgehead atoms. The summed E-state index contributed by atoms with van der Waals surface area (Å²) >= 11 is 0. The lowest BCUT2D eigenvalue weighted by Gasteiger charge is -2.29. The van der Waals surface area contributed by atoms with Gasteiger partial charge in [-0.15, -0.1) is 0 Å². The zero-order chi connectivity index (χ0) is 15.4. The Hall–Kier alpha value is -1.88. The van der Waals surface area contributed by atoms with Crippen LogP contribution < -0.4 is 0 Å². The van der Waals surface area contributed by atoms with Crippen molar-refractivity contribution in [3.63, 3.8) is 0 Å². The fourth-order valence-electron chi connectivity index (χ4n) is 2.74. The van der Waals surface area contributed by atoms with E-state index in [2.05, 4.69) is 0 Å². The second kappa shape index (κ2) is 6.72. The summed E-state index contributed by atoms with van der Waals surface area (Å²) in [5, 5.41) is 18.8. The first-order valence-electron chi connectivity index (χ1n) is 7.24. The maximum Gasteiger partial charge on any atom is 0.326 e. The number of carboxylic acid groups (broad SMARTS) is 1. The SMILES string of the molecule is CC(C(=O)O)N(Cc1ccccc1)C(=O)C1CCC(O)C1. The smallest absolute Gasteiger partial charge is 0.326 e. The normalized spacial score (nSPS) is 22.8. The average molecular weight is 291 g/mol. The van der Waals surface area contributed by atoms with E-state index in [-0.39, 0.29) is 18.4 Å². The van der Waals surface area contributed by atoms with Crippen LogP contribution in [0.3, 0.4) is 0 Å². The molecular weight excluding hydrogens is 270 g/mol. The highest BCUT2D eigenvalue weighted by atomic mass is 16.4. The van der Waals surface area contributed by atoms with Gasteiger partial charge in [0.2, 0.25) is 5.91 Å². The standard InChI is InChI=1S/C16H21NO4/c1-11(16(20)21)17(10-12-5-3-2-4-6-12)15(19)13-7-8-14(18)9-13/h2-6,11,13-14,18H,7-10H2,1H3,(H,20,21). The number of benzene rings is 1. The number of aliphatic carboxylic acids is 1. The van der Waals surface area contributed by atoms with Crippen molar-refractivity contribution >= 4 is 11.9 Å². The highest BCUT2D eigenvalue weighted by Gasteiger charge is 2.35. The molecule has 1 aromatic rings. The topological polar surface area (TPSA) is 77.8 Å². The Balaban J connectivity index is 2.15. The minimum absolute atomic E-state index is 0.176. The monoisotopic (exact) mass is 291 g/mol. The van der Waals surface area contributed by atoms with E-state index in [0.717, 1.165) is 5.56 Å². The van der Waals surface area contributed by atoms with E-state index in [4.69, 9.17) is 0 Å². The number of carbonyl (C=O) groups is 2. The van der Waals surface area contributed by atoms with Crippen molar-refractivity contribution in [1.29, 1.82) is 0 Å². The Bertz CT molecular complexity index is 502. The van der Waals surface area contributed by atoms with Gasteiger partial charge >= 0.3 is 5.97 Å². The van der Waals surface area contributed by atoms with Crippen molar-refractivity contribution in [2.45, 2.75) is 44.9 Å². The lowest BCUT2D eigenvalue weighted by Crippen LogP contribution is -2.45. The van der Waals surface area contributed by atoms with Crippen LogP contribution in [-0.4, -0.2) is 39.1 Å². The van der Waals surface area contributed by atoms with E-state index in [1.165, 1.54) is 11.8 Å². The van der Waals surface area contributed by atoms with Gasteiger partial charge in [0.25, 0.3) is 0 Å². The molecule has 3 unspecified atom stereocenters. The van der Waals surface area contributed by atoms with Crippen molar-refractivity contribution in [1.82, 2.24) is 4.90 Å². The zero-order valence-electron chi connectivity index (χ0n) is 12.1. The number of aliphatic hydroxyl groups excluding tert-OH is 1. The van der Waals surface area contributed by atoms with Gasteiger partial charge < -0.3 is 15.1 Å². The lowest BCUT2D eigenvalue weighted by atomic mass is 10.0. The summed E-state index contributed by atoms with van der Waals surface area (Å²) in [7, 11) is 0. The molecule has 2 rings (SSSR count). The molecular formula is C16H21NO4. The van der Waals surface area contributed by atoms with Crippen molar-refractivity contribution in [2.75, 3.05) is 0 Å². The van der Waals surface area contributed by atoms with Crippen molar-refractivity contribution < 1.29 is 19.8 Å². The molecule has 0 aromatic heterocycles. The first-order valence-corrected chi connectivity index (χ1v) is 7.24. The largest absolute Gasteiger partial charge is 0.480 e. The highest BCUT2D eigenvalue weighted by molar-refractivity contribution is 5.85. The molecule has 0 spiro atoms. The fourth-order valence-corrected chi connectivity index (χ4v) is 2.74. The lowest BCUT2D eigenvalue weighted by molar-refractivity contribution is -0.151. The van der Waals surface area contributed by atoms with Gasteiger partial charge in [-0.1, -0.05) is 30.3 Å². The summed E-state index contributed by atoms with van der Waals surface area (Å²) in [6.45, 7) is 1.80. The van der Waals surface area contributed by atoms with E-state index in [1.54, 1.807) is 0 Å². The van der Waals surface area contributed by atoms with Gasteiger partial charge in [0.1, 0.15) is 6.04 Å². The molecule has 0 radical (unpaired) electrons. The van der Waals surface area contributed by atoms with Crippen LogP contribution in [0.25, 0.3) is 0 Å². The van der Waals surface area contributed by atoms with Crippen LogP contribution in [0.15, 0.2) is 30.3 Å². The van der Waals surface area contributed by atoms with E-state index in [0.29, 0.717) is 19.3 Å². The number of nitrogens with zero attached hydrogens (tertiary/aromatic N) is 1. The van der Waals surface area contributed by atoms with Gasteiger partial charge in [-0.05, 0) is 31.7 Å². The molecule has 5 nitrogen and oxygen atoms in total. The van der Waals surface area contributed by atoms with Gasteiger partial charge in [0, 0.05) is 12.5 Å². The third-order valence-electron chi connectivity index (χ3n) is 4.06. The molecule has 21 heavy (non-hydrogen) atoms. The first kappa shape index (κ1) is 15.5. The molecule has 1 aliphatic rings. The third kappa shape index (κ3) is 3.82. The van der Waals surface area contributed by atoms with Gasteiger partial charge in [0.05, 0.1) is 6.10 Å². The van der Waals surface area contributed by atoms with Crippen molar-refractivity contribution in [2.24, 2.45) is 5.92 Å². The van der Waals surface area contributed by atoms with Crippen LogP contribution in [-0.2, 0) is 16.1 Å². The van der Waals surface area contributed by atoms with E-state index < -0.39 is 18.1 Å². The summed E-state index contributed by atoms with van der Waals surface area (Å²) in [6.07, 6.45) is 1.21. The number of amides is 1. The van der Waals surface area contributed by atoms with Crippen LogP contribution in [0, 0.1) is 5.92 Å². The molecule has 3 atom stereocenters. The molecule has 1 aromatic carbocycles. The maximum atomic E-state index is 12.6. The van der Waals surface area contributed by atoms with Gasteiger partial charge in [-0.2, -0.15) is 0 Å². The molecule has 1 aliphatic carbocycles. The average Bonchev–Trinajstić information content (AvgIpc) is 2.91. The van der Waals surface area contributed by atoms with Crippen LogP contribution in [0.1, 0.15) is 31.7 Å². The summed E-state index contributed by atoms with van der Waals surface area (Å²) < 4.78 is 0. The highest BCUT2D eigenvalue weighted by Crippen LogP contribution is 2.28. The summed E-state index contributed by atoms with van der Waals surface area (Å²) in [6, 6.07) is 8.47. The molecule has 1 saturated carbocycles. The fraction of sp³-hybridized carbons (Fsp3) is 0.500. The molecule has 1 amide bonds. The summed E-state index contributed by atoms with van der Waals surface area (Å²) in [5.74, 6) is -1.46. The van der Waals surface area contributed by atoms with E-state index >= 15 is 0 Å². The molecule has 0 heterocycles. The number of hydrogen-bond donors (Lipinski definition) is 2. The minimum atomic E-state index is -1.02. The maximum absolute atomic E-state index is 12.6. The Labute approximate surface area is 124 Å². The predicted octanol–water partition coefficient (Wildman–Crippen LogP) is 1.65. The Morgan fingerprint density at radius 2 is 1.95 bits per heavy atom. The molecule has 1 fully saturated rings. The van der Waals surface area contributed by atoms with E-state index in [1.807, 2.05) is 30.3 Å². The number of carbonyl (C=O) groups excluding carboxylic acids is 1. The molecule has 0 aliphatic heterocycles. The number of hydrogen-bond acceptors (Lipinski definition) is 3. The molecule has 2 N–H and O–H groups in total. The molecule has 5 heteroatoms. The van der Waals surface area contributed by atoms with Crippen LogP contribution in [0.5, 0.6) is 0 Å². The quantitative estimate of drug-likeness (QED) is 0.864. The van der Waals surface area contributed by atoms with Crippen molar-refractivity contribution in [3.05, 3.63) is 35.9 Å². The molecule has 0 saturated heterocycles. The number of aliphatic hydroxyl groups is 1. The zero-order valence-corrected chi connectivity index (χ0v) is 12.1. The van der Waals surface area contributed by atoms with Gasteiger partial charge in [-0.25, -0.2) is 4.79 Å². The minimum Gasteiger partial charge on any atom is -0.480 e. The van der Waals surface area contributed by atoms with Crippen LogP contribution >= 0.6 is 0 Å². The number of rotatable bonds is 5. The summed E-state index contributed by atoms with van der Waals surface area (Å²) in [4.78, 5) is 25.3. The summed E-state index contributed by atoms with van der Waals surface area (Å²) in [5.41, 5.74) is 0.900. The number of carboxylic acids is 1. The second-order valence-corrected chi connectivity index (χ2v) is 5.63. The predicted molar refractivity (Wildman–Crippen MR) is 77.4 cm³/mol. The van der Waals surface area contributed by atoms with Gasteiger partial charge in [-0.3, -0.25) is 4.79 Å². The van der Waals surface area contributed by atoms with Crippen LogP contribution in [0.4, 0.5) is 0 Å². The first-order chi connectivity index (χ1) is 9.99. The van der Waals surface area contributed by atoms with Crippen LogP contribution in [0.2, 0.25) is 0 Å². The Morgan fingerprint density at radius 1 is 1.29 bits per heavy atom.